The van der Waals surface area contributed by atoms with Gasteiger partial charge in [0.05, 0.1) is 34.7 Å². The van der Waals surface area contributed by atoms with Gasteiger partial charge in [0.25, 0.3) is 5.91 Å². The number of benzene rings is 2. The Morgan fingerprint density at radius 2 is 1.78 bits per heavy atom. The number of amides is 1. The second-order valence-electron chi connectivity index (χ2n) is 8.12. The fourth-order valence-corrected chi connectivity index (χ4v) is 4.22. The summed E-state index contributed by atoms with van der Waals surface area (Å²) in [5.74, 6) is -1.15. The molecule has 0 radical (unpaired) electrons. The molecule has 188 valence electrons. The van der Waals surface area contributed by atoms with E-state index in [4.69, 9.17) is 0 Å². The molecular formula is C24H21F4N5O2S. The van der Waals surface area contributed by atoms with E-state index >= 15 is 0 Å². The minimum atomic E-state index is -4.77. The topological polar surface area (TPSA) is 88.9 Å². The van der Waals surface area contributed by atoms with Crippen molar-refractivity contribution in [2.45, 2.75) is 26.6 Å². The van der Waals surface area contributed by atoms with Crippen LogP contribution in [0.15, 0.2) is 48.5 Å². The highest BCUT2D eigenvalue weighted by molar-refractivity contribution is 7.85. The van der Waals surface area contributed by atoms with Crippen LogP contribution >= 0.6 is 0 Å². The maximum atomic E-state index is 13.5. The van der Waals surface area contributed by atoms with Crippen LogP contribution in [-0.2, 0) is 23.7 Å². The van der Waals surface area contributed by atoms with Crippen molar-refractivity contribution in [3.63, 3.8) is 0 Å². The van der Waals surface area contributed by atoms with Crippen LogP contribution in [0, 0.1) is 19.7 Å². The van der Waals surface area contributed by atoms with Crippen LogP contribution in [0.2, 0.25) is 0 Å². The number of hydrogen-bond donors (Lipinski definition) is 2. The van der Waals surface area contributed by atoms with E-state index in [2.05, 4.69) is 20.1 Å². The van der Waals surface area contributed by atoms with Crippen LogP contribution in [0.25, 0.3) is 10.9 Å². The van der Waals surface area contributed by atoms with Crippen LogP contribution in [0.1, 0.15) is 33.0 Å². The first-order chi connectivity index (χ1) is 16.9. The van der Waals surface area contributed by atoms with Gasteiger partial charge in [-0.25, -0.2) is 13.6 Å². The second-order valence-corrected chi connectivity index (χ2v) is 9.24. The molecule has 1 amide bonds. The van der Waals surface area contributed by atoms with Crippen molar-refractivity contribution in [3.05, 3.63) is 82.6 Å². The van der Waals surface area contributed by atoms with Gasteiger partial charge in [-0.1, -0.05) is 12.1 Å². The number of aryl methyl sites for hydroxylation is 1. The molecule has 0 saturated heterocycles. The maximum Gasteiger partial charge on any atom is 0.433 e. The van der Waals surface area contributed by atoms with Crippen molar-refractivity contribution < 1.29 is 26.6 Å². The number of carbonyl (C=O) groups is 1. The molecule has 0 bridgehead atoms. The molecule has 0 aliphatic rings. The summed E-state index contributed by atoms with van der Waals surface area (Å²) in [6, 6.07) is 10.8. The molecule has 36 heavy (non-hydrogen) atoms. The third-order valence-electron chi connectivity index (χ3n) is 5.47. The van der Waals surface area contributed by atoms with Gasteiger partial charge in [-0.15, -0.1) is 0 Å². The number of hydrogen-bond acceptors (Lipinski definition) is 4. The molecule has 4 aromatic rings. The van der Waals surface area contributed by atoms with E-state index in [1.54, 1.807) is 30.7 Å². The average molecular weight is 520 g/mol. The van der Waals surface area contributed by atoms with E-state index in [1.165, 1.54) is 36.6 Å². The van der Waals surface area contributed by atoms with Gasteiger partial charge in [0.15, 0.2) is 0 Å². The molecule has 0 spiro atoms. The van der Waals surface area contributed by atoms with Crippen LogP contribution in [0.4, 0.5) is 28.9 Å². The van der Waals surface area contributed by atoms with Gasteiger partial charge in [-0.3, -0.25) is 9.48 Å². The predicted molar refractivity (Wildman–Crippen MR) is 130 cm³/mol. The summed E-state index contributed by atoms with van der Waals surface area (Å²) in [7, 11) is -1.43. The van der Waals surface area contributed by atoms with E-state index in [0.29, 0.717) is 35.4 Å². The second kappa shape index (κ2) is 9.69. The first-order valence-corrected chi connectivity index (χ1v) is 12.2. The Morgan fingerprint density at radius 3 is 2.42 bits per heavy atom. The smallest absolute Gasteiger partial charge is 0.319 e. The Balaban J connectivity index is 1.73. The van der Waals surface area contributed by atoms with Gasteiger partial charge >= 0.3 is 6.18 Å². The molecule has 0 fully saturated rings. The molecule has 1 atom stereocenters. The number of aromatic nitrogens is 3. The summed E-state index contributed by atoms with van der Waals surface area (Å²) >= 11 is 0. The van der Waals surface area contributed by atoms with Crippen molar-refractivity contribution in [2.24, 2.45) is 0 Å². The molecule has 0 aliphatic carbocycles. The Labute approximate surface area is 206 Å². The van der Waals surface area contributed by atoms with Gasteiger partial charge in [-0.2, -0.15) is 18.3 Å². The number of nitrogens with zero attached hydrogens (tertiary/aromatic N) is 3. The molecule has 0 aliphatic heterocycles. The Morgan fingerprint density at radius 1 is 1.08 bits per heavy atom. The lowest BCUT2D eigenvalue weighted by molar-refractivity contribution is -0.140. The van der Waals surface area contributed by atoms with Gasteiger partial charge in [0.2, 0.25) is 0 Å². The highest BCUT2D eigenvalue weighted by Gasteiger charge is 2.34. The van der Waals surface area contributed by atoms with E-state index < -0.39 is 28.8 Å². The summed E-state index contributed by atoms with van der Waals surface area (Å²) in [5, 5.41) is 7.25. The van der Waals surface area contributed by atoms with Crippen molar-refractivity contribution >= 4 is 39.2 Å². The zero-order chi connectivity index (χ0) is 26.2. The van der Waals surface area contributed by atoms with Crippen LogP contribution in [0.5, 0.6) is 0 Å². The minimum absolute atomic E-state index is 0.0390. The third kappa shape index (κ3) is 5.38. The normalized spacial score (nSPS) is 12.5. The number of carbonyl (C=O) groups excluding carboxylic acids is 1. The molecule has 12 heteroatoms. The highest BCUT2D eigenvalue weighted by atomic mass is 32.2. The molecule has 4 rings (SSSR count). The largest absolute Gasteiger partial charge is 0.433 e. The molecule has 7 nitrogen and oxygen atoms in total. The quantitative estimate of drug-likeness (QED) is 0.342. The third-order valence-corrected chi connectivity index (χ3v) is 5.99. The van der Waals surface area contributed by atoms with Gasteiger partial charge in [0.1, 0.15) is 22.5 Å². The first-order valence-electron chi connectivity index (χ1n) is 10.6. The molecule has 0 saturated carbocycles. The van der Waals surface area contributed by atoms with Gasteiger partial charge in [0, 0.05) is 17.3 Å². The molecule has 2 aromatic carbocycles. The number of pyridine rings is 1. The lowest BCUT2D eigenvalue weighted by Crippen LogP contribution is -2.17. The van der Waals surface area contributed by atoms with E-state index in [1.807, 2.05) is 0 Å². The van der Waals surface area contributed by atoms with Crippen LogP contribution in [-0.4, -0.2) is 31.1 Å². The molecule has 1 unspecified atom stereocenters. The van der Waals surface area contributed by atoms with E-state index in [9.17, 15) is 26.6 Å². The number of fused-ring (bicyclic) bond motifs is 1. The first kappa shape index (κ1) is 25.3. The number of halogens is 4. The minimum Gasteiger partial charge on any atom is -0.319 e. The van der Waals surface area contributed by atoms with E-state index in [-0.39, 0.29) is 22.3 Å². The summed E-state index contributed by atoms with van der Waals surface area (Å²) in [6.45, 7) is 3.68. The Kier molecular flexibility index (Phi) is 6.81. The van der Waals surface area contributed by atoms with Gasteiger partial charge in [-0.05, 0) is 55.8 Å². The number of nitrogens with one attached hydrogen (secondary N) is 2. The molecule has 2 heterocycles. The standard InChI is InChI=1S/C24H21F4N5O2S/c1-13-22(14(2)33(31-13)12-15-4-6-16(25)7-5-15)30-23(34)19-11-21(24(26,27)28)29-20-9-8-17(10-18(19)20)32-36(3)35/h4-11,32H,12H2,1-3H3,(H,30,34). The predicted octanol–water partition coefficient (Wildman–Crippen LogP) is 5.21. The fraction of sp³-hybridized carbons (Fsp3) is 0.208. The summed E-state index contributed by atoms with van der Waals surface area (Å²) in [5.41, 5.74) is 1.03. The Hall–Kier alpha value is -3.80. The van der Waals surface area contributed by atoms with Crippen LogP contribution < -0.4 is 10.0 Å². The molecule has 2 N–H and O–H groups in total. The zero-order valence-electron chi connectivity index (χ0n) is 19.4. The maximum absolute atomic E-state index is 13.5. The molecular weight excluding hydrogens is 498 g/mol. The summed E-state index contributed by atoms with van der Waals surface area (Å²) in [4.78, 5) is 16.9. The highest BCUT2D eigenvalue weighted by Crippen LogP contribution is 2.33. The van der Waals surface area contributed by atoms with Crippen molar-refractivity contribution in [1.82, 2.24) is 14.8 Å². The zero-order valence-corrected chi connectivity index (χ0v) is 20.2. The average Bonchev–Trinajstić information content (AvgIpc) is 3.06. The molecule has 2 aromatic heterocycles. The van der Waals surface area contributed by atoms with Crippen LogP contribution in [0.3, 0.4) is 0 Å². The number of alkyl halides is 3. The number of anilines is 2. The summed E-state index contributed by atoms with van der Waals surface area (Å²) in [6.07, 6.45) is -3.37. The monoisotopic (exact) mass is 519 g/mol. The number of rotatable bonds is 6. The van der Waals surface area contributed by atoms with E-state index in [0.717, 1.165) is 5.56 Å². The van der Waals surface area contributed by atoms with Crippen molar-refractivity contribution in [2.75, 3.05) is 16.3 Å². The fourth-order valence-electron chi connectivity index (χ4n) is 3.76. The van der Waals surface area contributed by atoms with Crippen molar-refractivity contribution in [3.8, 4) is 0 Å². The Bertz CT molecular complexity index is 1480. The lowest BCUT2D eigenvalue weighted by Gasteiger charge is -2.13. The van der Waals surface area contributed by atoms with Crippen molar-refractivity contribution in [1.29, 1.82) is 0 Å². The lowest BCUT2D eigenvalue weighted by atomic mass is 10.1. The summed E-state index contributed by atoms with van der Waals surface area (Å²) < 4.78 is 69.6. The SMILES string of the molecule is Cc1nn(Cc2ccc(F)cc2)c(C)c1NC(=O)c1cc(C(F)(F)F)nc2ccc(NS(C)=O)cc12. The van der Waals surface area contributed by atoms with Gasteiger partial charge < -0.3 is 10.0 Å².